The molecule has 1 aliphatic heterocycles. The van der Waals surface area contributed by atoms with Crippen LogP contribution in [0.5, 0.6) is 5.75 Å². The first-order valence-corrected chi connectivity index (χ1v) is 13.0. The van der Waals surface area contributed by atoms with Crippen LogP contribution in [0.2, 0.25) is 0 Å². The summed E-state index contributed by atoms with van der Waals surface area (Å²) < 4.78 is 33.9. The maximum absolute atomic E-state index is 12.8. The van der Waals surface area contributed by atoms with Crippen molar-refractivity contribution in [3.8, 4) is 23.1 Å². The van der Waals surface area contributed by atoms with Crippen LogP contribution in [0.25, 0.3) is 22.3 Å². The van der Waals surface area contributed by atoms with Crippen molar-refractivity contribution < 1.29 is 22.9 Å². The van der Waals surface area contributed by atoms with Crippen LogP contribution in [-0.4, -0.2) is 66.9 Å². The molecule has 4 heterocycles. The largest absolute Gasteiger partial charge is 0.425 e. The molecule has 0 aliphatic carbocycles. The zero-order valence-corrected chi connectivity index (χ0v) is 20.8. The molecule has 0 spiro atoms. The first kappa shape index (κ1) is 25.0. The fraction of sp³-hybridized carbons (Fsp3) is 0.261. The summed E-state index contributed by atoms with van der Waals surface area (Å²) in [4.78, 5) is 31.6. The Kier molecular flexibility index (Phi) is 6.13. The molecule has 15 heteroatoms. The van der Waals surface area contributed by atoms with Crippen LogP contribution in [0.15, 0.2) is 55.2 Å². The number of aromatic nitrogens is 5. The summed E-state index contributed by atoms with van der Waals surface area (Å²) in [5.41, 5.74) is 0.417. The van der Waals surface area contributed by atoms with E-state index >= 15 is 0 Å². The zero-order valence-electron chi connectivity index (χ0n) is 20.0. The smallest absolute Gasteiger partial charge is 0.410 e. The summed E-state index contributed by atoms with van der Waals surface area (Å²) >= 11 is 0. The summed E-state index contributed by atoms with van der Waals surface area (Å²) in [7, 11) is -3.38. The van der Waals surface area contributed by atoms with Crippen LogP contribution in [0.4, 0.5) is 10.5 Å². The third-order valence-corrected chi connectivity index (χ3v) is 8.15. The van der Waals surface area contributed by atoms with Gasteiger partial charge >= 0.3 is 6.09 Å². The van der Waals surface area contributed by atoms with Gasteiger partial charge in [0.15, 0.2) is 5.65 Å². The van der Waals surface area contributed by atoms with Crippen molar-refractivity contribution in [2.45, 2.75) is 18.9 Å². The van der Waals surface area contributed by atoms with Gasteiger partial charge in [-0.1, -0.05) is 0 Å². The molecule has 0 unspecified atom stereocenters. The van der Waals surface area contributed by atoms with Crippen LogP contribution >= 0.6 is 0 Å². The van der Waals surface area contributed by atoms with Crippen molar-refractivity contribution in [2.24, 2.45) is 0 Å². The molecule has 3 aromatic heterocycles. The number of carbonyl (C=O) groups is 1. The molecule has 1 fully saturated rings. The number of nitrogens with zero attached hydrogens (tertiary/aromatic N) is 8. The van der Waals surface area contributed by atoms with Crippen LogP contribution in [0.1, 0.15) is 13.3 Å². The second-order valence-electron chi connectivity index (χ2n) is 8.67. The second-order valence-corrected chi connectivity index (χ2v) is 10.9. The monoisotopic (exact) mass is 536 g/mol. The highest BCUT2D eigenvalue weighted by Crippen LogP contribution is 2.36. The average molecular weight is 537 g/mol. The number of carbonyl (C=O) groups excluding carboxylic acids is 1. The number of rotatable bonds is 7. The minimum Gasteiger partial charge on any atom is -0.410 e. The van der Waals surface area contributed by atoms with Crippen molar-refractivity contribution in [1.29, 1.82) is 5.26 Å². The van der Waals surface area contributed by atoms with Gasteiger partial charge < -0.3 is 4.74 Å². The van der Waals surface area contributed by atoms with E-state index in [-0.39, 0.29) is 42.3 Å². The van der Waals surface area contributed by atoms with Crippen molar-refractivity contribution in [3.05, 3.63) is 65.4 Å². The number of nitro groups is 1. The van der Waals surface area contributed by atoms with E-state index < -0.39 is 26.6 Å². The van der Waals surface area contributed by atoms with Gasteiger partial charge in [-0.2, -0.15) is 14.7 Å². The molecule has 38 heavy (non-hydrogen) atoms. The Bertz CT molecular complexity index is 1700. The molecule has 194 valence electrons. The molecule has 0 amide bonds. The Morgan fingerprint density at radius 3 is 2.63 bits per heavy atom. The Morgan fingerprint density at radius 2 is 1.97 bits per heavy atom. The quantitative estimate of drug-likeness (QED) is 0.252. The topological polar surface area (TPSA) is 179 Å². The van der Waals surface area contributed by atoms with Crippen LogP contribution in [0.3, 0.4) is 0 Å². The lowest BCUT2D eigenvalue weighted by atomic mass is 9.89. The fourth-order valence-electron chi connectivity index (χ4n) is 4.29. The predicted octanol–water partition coefficient (Wildman–Crippen LogP) is 2.52. The number of sulfonamides is 1. The Balaban J connectivity index is 1.41. The number of non-ortho nitro benzene ring substituents is 1. The molecule has 0 atom stereocenters. The number of fused-ring (bicyclic) bond motifs is 1. The average Bonchev–Trinajstić information content (AvgIpc) is 3.54. The minimum atomic E-state index is -3.38. The number of nitriles is 1. The molecule has 0 bridgehead atoms. The fourth-order valence-corrected chi connectivity index (χ4v) is 5.53. The Labute approximate surface area is 215 Å². The molecule has 14 nitrogen and oxygen atoms in total. The van der Waals surface area contributed by atoms with Crippen LogP contribution in [-0.2, 0) is 15.6 Å². The van der Waals surface area contributed by atoms with Gasteiger partial charge in [0, 0.05) is 48.6 Å². The van der Waals surface area contributed by atoms with Crippen molar-refractivity contribution >= 4 is 32.8 Å². The van der Waals surface area contributed by atoms with E-state index in [1.165, 1.54) is 45.7 Å². The van der Waals surface area contributed by atoms with Crippen molar-refractivity contribution in [2.75, 3.05) is 18.8 Å². The number of benzene rings is 1. The van der Waals surface area contributed by atoms with E-state index in [0.717, 1.165) is 0 Å². The maximum atomic E-state index is 12.8. The number of nitro benzene ring substituents is 1. The normalized spacial score (nSPS) is 15.1. The van der Waals surface area contributed by atoms with Gasteiger partial charge in [-0.3, -0.25) is 14.8 Å². The highest BCUT2D eigenvalue weighted by atomic mass is 32.2. The summed E-state index contributed by atoms with van der Waals surface area (Å²) in [5.74, 6) is 0.100. The second kappa shape index (κ2) is 9.32. The van der Waals surface area contributed by atoms with Crippen molar-refractivity contribution in [3.63, 3.8) is 0 Å². The van der Waals surface area contributed by atoms with Crippen LogP contribution in [0, 0.1) is 21.4 Å². The molecular weight excluding hydrogens is 516 g/mol. The van der Waals surface area contributed by atoms with Crippen molar-refractivity contribution in [1.82, 2.24) is 28.6 Å². The SMILES string of the molecule is CCS(=O)(=O)N1CC(CC#N)(n2cc(-c3ncnc4c3ccn4C(=O)Oc3ccc([N+](=O)[O-])cc3)cn2)C1. The van der Waals surface area contributed by atoms with E-state index in [9.17, 15) is 28.6 Å². The molecule has 0 radical (unpaired) electrons. The molecule has 5 rings (SSSR count). The molecule has 1 aromatic carbocycles. The Hall–Kier alpha value is -4.68. The number of ether oxygens (including phenoxy) is 1. The first-order valence-electron chi connectivity index (χ1n) is 11.4. The summed E-state index contributed by atoms with van der Waals surface area (Å²) in [6, 6.07) is 8.87. The van der Waals surface area contributed by atoms with E-state index in [2.05, 4.69) is 21.1 Å². The number of hydrogen-bond donors (Lipinski definition) is 0. The highest BCUT2D eigenvalue weighted by Gasteiger charge is 2.49. The minimum absolute atomic E-state index is 0.0253. The third kappa shape index (κ3) is 4.25. The van der Waals surface area contributed by atoms with E-state index in [1.54, 1.807) is 30.1 Å². The molecule has 0 N–H and O–H groups in total. The molecular formula is C23H20N8O6S. The van der Waals surface area contributed by atoms with Crippen LogP contribution < -0.4 is 4.74 Å². The highest BCUT2D eigenvalue weighted by molar-refractivity contribution is 7.89. The van der Waals surface area contributed by atoms with Gasteiger partial charge in [0.25, 0.3) is 5.69 Å². The lowest BCUT2D eigenvalue weighted by molar-refractivity contribution is -0.384. The van der Waals surface area contributed by atoms with E-state index in [0.29, 0.717) is 16.6 Å². The summed E-state index contributed by atoms with van der Waals surface area (Å²) in [6.07, 6.45) is 5.32. The van der Waals surface area contributed by atoms with Gasteiger partial charge in [-0.05, 0) is 25.1 Å². The third-order valence-electron chi connectivity index (χ3n) is 6.38. The molecule has 1 saturated heterocycles. The maximum Gasteiger partial charge on any atom is 0.425 e. The standard InChI is InChI=1S/C23H20N8O6S/c1-2-38(35,36)28-13-23(14-28,8-9-24)30-12-16(11-27-30)20-19-7-10-29(21(19)26-15-25-20)22(32)37-18-5-3-17(4-6-18)31(33)34/h3-7,10-12,15H,2,8,13-14H2,1H3. The van der Waals surface area contributed by atoms with E-state index in [4.69, 9.17) is 4.74 Å². The zero-order chi connectivity index (χ0) is 27.1. The predicted molar refractivity (Wildman–Crippen MR) is 133 cm³/mol. The number of hydrogen-bond acceptors (Lipinski definition) is 10. The molecule has 1 aliphatic rings. The summed E-state index contributed by atoms with van der Waals surface area (Å²) in [6.45, 7) is 1.85. The van der Waals surface area contributed by atoms with Gasteiger partial charge in [0.05, 0.1) is 35.1 Å². The molecule has 4 aromatic rings. The first-order chi connectivity index (χ1) is 18.2. The lowest BCUT2D eigenvalue weighted by Gasteiger charge is -2.47. The lowest BCUT2D eigenvalue weighted by Crippen LogP contribution is -2.64. The Morgan fingerprint density at radius 1 is 1.24 bits per heavy atom. The van der Waals surface area contributed by atoms with Gasteiger partial charge in [-0.25, -0.2) is 27.7 Å². The van der Waals surface area contributed by atoms with Gasteiger partial charge in [0.2, 0.25) is 10.0 Å². The molecule has 0 saturated carbocycles. The van der Waals surface area contributed by atoms with Gasteiger partial charge in [-0.15, -0.1) is 0 Å². The van der Waals surface area contributed by atoms with E-state index in [1.807, 2.05) is 0 Å². The summed E-state index contributed by atoms with van der Waals surface area (Å²) in [5, 5.41) is 25.1. The van der Waals surface area contributed by atoms with Gasteiger partial charge in [0.1, 0.15) is 17.6 Å².